The fourth-order valence-corrected chi connectivity index (χ4v) is 10.8. The number of ether oxygens (including phenoxy) is 3. The average Bonchev–Trinajstić information content (AvgIpc) is 4.26. The van der Waals surface area contributed by atoms with Crippen LogP contribution < -0.4 is 21.7 Å². The fraction of sp³-hybridized carbons (Fsp3) is 0.360. The number of nitrogens with one attached hydrogen (secondary N) is 3. The molecule has 0 radical (unpaired) electrons. The summed E-state index contributed by atoms with van der Waals surface area (Å²) in [5.74, 6) is -5.16. The second kappa shape index (κ2) is 18.8. The summed E-state index contributed by atoms with van der Waals surface area (Å²) in [7, 11) is 0. The molecule has 7 aliphatic heterocycles. The van der Waals surface area contributed by atoms with Gasteiger partial charge in [-0.1, -0.05) is 121 Å². The second-order valence-electron chi connectivity index (χ2n) is 17.6. The number of amides is 7. The molecule has 18 nitrogen and oxygen atoms in total. The van der Waals surface area contributed by atoms with Crippen LogP contribution in [0, 0.1) is 23.7 Å². The molecule has 7 heterocycles. The Labute approximate surface area is 390 Å². The molecule has 6 N–H and O–H groups in total. The van der Waals surface area contributed by atoms with Crippen molar-refractivity contribution in [2.24, 2.45) is 29.4 Å². The molecule has 4 aromatic carbocycles. The van der Waals surface area contributed by atoms with Crippen molar-refractivity contribution in [3.8, 4) is 0 Å². The van der Waals surface area contributed by atoms with Crippen LogP contribution in [0.25, 0.3) is 0 Å². The van der Waals surface area contributed by atoms with Gasteiger partial charge in [0.05, 0.1) is 48.1 Å². The minimum absolute atomic E-state index is 0.0118. The number of hydrogen-bond donors (Lipinski definition) is 5. The maximum Gasteiger partial charge on any atom is 0.325 e. The van der Waals surface area contributed by atoms with Gasteiger partial charge in [-0.3, -0.25) is 38.6 Å². The number of nitrogens with zero attached hydrogens (tertiary/aromatic N) is 2. The van der Waals surface area contributed by atoms with Crippen molar-refractivity contribution in [2.75, 3.05) is 26.2 Å². The van der Waals surface area contributed by atoms with Crippen molar-refractivity contribution in [2.45, 2.75) is 61.2 Å². The van der Waals surface area contributed by atoms with Crippen LogP contribution in [0.15, 0.2) is 121 Å². The monoisotopic (exact) mass is 926 g/mol. The van der Waals surface area contributed by atoms with E-state index in [0.29, 0.717) is 24.0 Å². The van der Waals surface area contributed by atoms with E-state index in [9.17, 15) is 43.5 Å². The molecule has 352 valence electrons. The van der Waals surface area contributed by atoms with Crippen molar-refractivity contribution in [3.63, 3.8) is 0 Å². The highest BCUT2D eigenvalue weighted by Crippen LogP contribution is 2.48. The first kappa shape index (κ1) is 45.9. The fourth-order valence-electron chi connectivity index (χ4n) is 10.8. The zero-order chi connectivity index (χ0) is 47.7. The third-order valence-electron chi connectivity index (χ3n) is 13.9. The third kappa shape index (κ3) is 7.86. The van der Waals surface area contributed by atoms with Gasteiger partial charge in [0.1, 0.15) is 0 Å². The molecule has 68 heavy (non-hydrogen) atoms. The summed E-state index contributed by atoms with van der Waals surface area (Å²) in [6, 6.07) is 35.6. The number of urea groups is 2. The van der Waals surface area contributed by atoms with Crippen LogP contribution in [0.5, 0.6) is 0 Å². The van der Waals surface area contributed by atoms with E-state index in [1.807, 2.05) is 72.8 Å². The lowest BCUT2D eigenvalue weighted by Gasteiger charge is -2.28. The number of esters is 2. The molecule has 7 amide bonds. The lowest BCUT2D eigenvalue weighted by molar-refractivity contribution is -0.156. The molecule has 0 saturated carbocycles. The molecule has 11 rings (SSSR count). The average molecular weight is 927 g/mol. The van der Waals surface area contributed by atoms with E-state index in [0.717, 1.165) is 28.9 Å². The molecule has 7 unspecified atom stereocenters. The molecule has 8 atom stereocenters. The molecule has 18 heteroatoms. The molecule has 0 aromatic heterocycles. The Hall–Kier alpha value is -7.28. The number of carboxylic acids is 1. The normalized spacial score (nSPS) is 27.7. The van der Waals surface area contributed by atoms with E-state index in [2.05, 4.69) is 20.7 Å². The molecule has 4 aromatic rings. The van der Waals surface area contributed by atoms with Gasteiger partial charge < -0.3 is 41.0 Å². The molecule has 7 aliphatic rings. The van der Waals surface area contributed by atoms with Crippen LogP contribution in [0.3, 0.4) is 0 Å². The van der Waals surface area contributed by atoms with Gasteiger partial charge in [0, 0.05) is 26.2 Å². The van der Waals surface area contributed by atoms with E-state index in [4.69, 9.17) is 15.2 Å². The molecule has 0 aliphatic carbocycles. The standard InChI is InChI=1S/C25H25N3O6.C17H17N3O2.C8H8O4/c29-21(19-17-11-12-18(34-17)20(19)22(30)31)26-13-14-28-23(32)25(27-24(28)33,15-7-3-1-4-8-15)16-9-5-2-6-10-16;18-11-12-20-15(21)17(19-16(20)22,13-7-3-1-4-8-13)14-9-5-2-6-10-14;9-7-5-3-1-2-4(11-3)6(5)8(10)12-7/h1-10,17-20H,11-14H2,(H,26,29)(H,27,33)(H,30,31);1-10H,11-12,18H2,(H,19,22);3-6H,1-2H2/t17?,18?,19?,20-;;/m0../s1. The summed E-state index contributed by atoms with van der Waals surface area (Å²) in [4.78, 5) is 101. The summed E-state index contributed by atoms with van der Waals surface area (Å²) in [5, 5.41) is 18.0. The number of rotatable bonds is 11. The predicted molar refractivity (Wildman–Crippen MR) is 238 cm³/mol. The van der Waals surface area contributed by atoms with Crippen LogP contribution in [0.4, 0.5) is 9.59 Å². The van der Waals surface area contributed by atoms with Gasteiger partial charge in [0.2, 0.25) is 5.91 Å². The number of nitrogens with two attached hydrogens (primary N) is 1. The lowest BCUT2D eigenvalue weighted by Crippen LogP contribution is -2.47. The Morgan fingerprint density at radius 2 is 0.941 bits per heavy atom. The Kier molecular flexibility index (Phi) is 12.7. The second-order valence-corrected chi connectivity index (χ2v) is 17.6. The summed E-state index contributed by atoms with van der Waals surface area (Å²) < 4.78 is 15.7. The summed E-state index contributed by atoms with van der Waals surface area (Å²) in [5.41, 5.74) is 5.71. The summed E-state index contributed by atoms with van der Waals surface area (Å²) >= 11 is 0. The zero-order valence-corrected chi connectivity index (χ0v) is 36.7. The van der Waals surface area contributed by atoms with Gasteiger partial charge in [-0.05, 0) is 47.9 Å². The van der Waals surface area contributed by atoms with Gasteiger partial charge in [0.15, 0.2) is 11.1 Å². The Morgan fingerprint density at radius 1 is 0.574 bits per heavy atom. The van der Waals surface area contributed by atoms with Crippen molar-refractivity contribution in [1.82, 2.24) is 25.8 Å². The number of carboxylic acid groups (broad SMARTS) is 1. The smallest absolute Gasteiger partial charge is 0.325 e. The first-order valence-corrected chi connectivity index (χ1v) is 22.7. The molecular formula is C50H50N6O12. The molecule has 7 saturated heterocycles. The first-order valence-electron chi connectivity index (χ1n) is 22.7. The Morgan fingerprint density at radius 3 is 1.34 bits per heavy atom. The van der Waals surface area contributed by atoms with Gasteiger partial charge in [0.25, 0.3) is 11.8 Å². The number of cyclic esters (lactones) is 2. The number of carbonyl (C=O) groups is 8. The van der Waals surface area contributed by atoms with Crippen molar-refractivity contribution < 1.29 is 57.7 Å². The highest BCUT2D eigenvalue weighted by molar-refractivity contribution is 6.10. The first-order chi connectivity index (χ1) is 32.9. The van der Waals surface area contributed by atoms with Crippen LogP contribution in [-0.2, 0) is 54.1 Å². The van der Waals surface area contributed by atoms with E-state index < -0.39 is 65.0 Å². The summed E-state index contributed by atoms with van der Waals surface area (Å²) in [6.45, 7) is 0.403. The Bertz CT molecular complexity index is 2500. The lowest BCUT2D eigenvalue weighted by atomic mass is 9.79. The van der Waals surface area contributed by atoms with Crippen LogP contribution in [-0.4, -0.2) is 113 Å². The number of hydrogen-bond acceptors (Lipinski definition) is 12. The Balaban J connectivity index is 0.000000144. The number of aliphatic carboxylic acids is 1. The van der Waals surface area contributed by atoms with E-state index in [1.54, 1.807) is 48.5 Å². The number of benzene rings is 4. The maximum atomic E-state index is 13.6. The number of fused-ring (bicyclic) bond motifs is 7. The maximum absolute atomic E-state index is 13.6. The van der Waals surface area contributed by atoms with E-state index >= 15 is 0 Å². The highest BCUT2D eigenvalue weighted by Gasteiger charge is 2.61. The quantitative estimate of drug-likeness (QED) is 0.0826. The topological polar surface area (TPSA) is 253 Å². The van der Waals surface area contributed by atoms with E-state index in [-0.39, 0.29) is 68.1 Å². The molecule has 7 fully saturated rings. The highest BCUT2D eigenvalue weighted by atomic mass is 16.6. The van der Waals surface area contributed by atoms with Crippen LogP contribution in [0.2, 0.25) is 0 Å². The van der Waals surface area contributed by atoms with Crippen molar-refractivity contribution >= 4 is 47.7 Å². The SMILES string of the molecule is NCCN1C(=O)NC(c2ccccc2)(c2ccccc2)C1=O.O=C(NCCN1C(=O)NC(c2ccccc2)(c2ccccc2)C1=O)C1C2CCC(O2)[C@@H]1C(=O)O.O=C1OC(=O)C2C3CCC(O3)C12. The molecular weight excluding hydrogens is 877 g/mol. The zero-order valence-electron chi connectivity index (χ0n) is 36.7. The van der Waals surface area contributed by atoms with Gasteiger partial charge >= 0.3 is 30.0 Å². The van der Waals surface area contributed by atoms with Crippen molar-refractivity contribution in [3.05, 3.63) is 144 Å². The van der Waals surface area contributed by atoms with Crippen LogP contribution in [0.1, 0.15) is 47.9 Å². The minimum atomic E-state index is -1.36. The molecule has 4 bridgehead atoms. The van der Waals surface area contributed by atoms with Crippen molar-refractivity contribution in [1.29, 1.82) is 0 Å². The van der Waals surface area contributed by atoms with Crippen LogP contribution >= 0.6 is 0 Å². The minimum Gasteiger partial charge on any atom is -0.481 e. The van der Waals surface area contributed by atoms with E-state index in [1.165, 1.54) is 4.90 Å². The summed E-state index contributed by atoms with van der Waals surface area (Å²) in [6.07, 6.45) is 2.14. The third-order valence-corrected chi connectivity index (χ3v) is 13.9. The number of imide groups is 2. The number of carbonyl (C=O) groups excluding carboxylic acids is 7. The predicted octanol–water partition coefficient (Wildman–Crippen LogP) is 2.78. The van der Waals surface area contributed by atoms with Gasteiger partial charge in [-0.2, -0.15) is 0 Å². The largest absolute Gasteiger partial charge is 0.481 e. The van der Waals surface area contributed by atoms with Gasteiger partial charge in [-0.25, -0.2) is 9.59 Å². The van der Waals surface area contributed by atoms with Gasteiger partial charge in [-0.15, -0.1) is 0 Å². The molecule has 0 spiro atoms.